The van der Waals surface area contributed by atoms with Crippen LogP contribution in [0.15, 0.2) is 78.0 Å². The molecule has 45 heavy (non-hydrogen) atoms. The van der Waals surface area contributed by atoms with Crippen LogP contribution in [0.3, 0.4) is 0 Å². The number of carbonyl (C=O) groups is 1. The summed E-state index contributed by atoms with van der Waals surface area (Å²) in [4.78, 5) is 30.4. The molecule has 0 radical (unpaired) electrons. The second-order valence-corrected chi connectivity index (χ2v) is 13.7. The molecular weight excluding hydrogens is 587 g/mol. The number of aromatic nitrogens is 3. The van der Waals surface area contributed by atoms with E-state index < -0.39 is 5.82 Å². The fourth-order valence-corrected chi connectivity index (χ4v) is 6.76. The number of pyridine rings is 3. The first-order valence-electron chi connectivity index (χ1n) is 15.5. The molecule has 5 heterocycles. The molecule has 2 atom stereocenters. The van der Waals surface area contributed by atoms with Gasteiger partial charge in [-0.15, -0.1) is 0 Å². The smallest absolute Gasteiger partial charge is 0.265 e. The number of nitrogens with one attached hydrogen (secondary N) is 2. The second kappa shape index (κ2) is 13.0. The number of fused-ring (bicyclic) bond motifs is 6. The average molecular weight is 627 g/mol. The molecule has 2 N–H and O–H groups in total. The Morgan fingerprint density at radius 2 is 1.93 bits per heavy atom. The lowest BCUT2D eigenvalue weighted by molar-refractivity contribution is 0.0984. The number of hydrogen-bond acceptors (Lipinski definition) is 8. The average Bonchev–Trinajstić information content (AvgIpc) is 3.34. The predicted molar refractivity (Wildman–Crippen MR) is 177 cm³/mol. The van der Waals surface area contributed by atoms with Gasteiger partial charge < -0.3 is 15.0 Å². The molecule has 3 aromatic heterocycles. The van der Waals surface area contributed by atoms with E-state index in [1.54, 1.807) is 12.1 Å². The molecule has 1 saturated heterocycles. The van der Waals surface area contributed by atoms with Crippen molar-refractivity contribution in [3.63, 3.8) is 0 Å². The van der Waals surface area contributed by atoms with Gasteiger partial charge in [-0.3, -0.25) is 14.5 Å². The van der Waals surface area contributed by atoms with E-state index in [2.05, 4.69) is 33.8 Å². The van der Waals surface area contributed by atoms with Gasteiger partial charge in [-0.1, -0.05) is 26.0 Å². The summed E-state index contributed by atoms with van der Waals surface area (Å²) in [5, 5.41) is 4.25. The summed E-state index contributed by atoms with van der Waals surface area (Å²) in [5.41, 5.74) is 2.34. The first kappa shape index (κ1) is 30.8. The number of ether oxygens (including phenoxy) is 1. The molecule has 1 amide bonds. The highest BCUT2D eigenvalue weighted by Gasteiger charge is 2.41. The minimum Gasteiger partial charge on any atom is -0.493 e. The summed E-state index contributed by atoms with van der Waals surface area (Å²) < 4.78 is 23.6. The largest absolute Gasteiger partial charge is 0.493 e. The highest BCUT2D eigenvalue weighted by molar-refractivity contribution is 7.97. The third-order valence-corrected chi connectivity index (χ3v) is 9.01. The van der Waals surface area contributed by atoms with Gasteiger partial charge in [-0.25, -0.2) is 14.4 Å². The highest BCUT2D eigenvalue weighted by Crippen LogP contribution is 2.41. The summed E-state index contributed by atoms with van der Waals surface area (Å²) in [6.07, 6.45) is 4.57. The zero-order valence-corrected chi connectivity index (χ0v) is 26.9. The molecule has 4 aromatic rings. The molecule has 6 rings (SSSR count). The molecule has 1 aromatic carbocycles. The van der Waals surface area contributed by atoms with Gasteiger partial charge in [0.2, 0.25) is 0 Å². The maximum atomic E-state index is 14.8. The van der Waals surface area contributed by atoms with Crippen LogP contribution < -0.4 is 19.7 Å². The van der Waals surface area contributed by atoms with Gasteiger partial charge in [0, 0.05) is 41.9 Å². The molecule has 2 aliphatic heterocycles. The standard InChI is InChI=1S/C35H39FN6O2S/c1-22(2)21-44-26-17-24(16-25(36)18-26)28-14-12-27-33(39-28)42-20-23(19-35(42,3)4)11-13-30(29-8-5-6-15-37-29)38-31-9-7-10-32(40-31)45-41-34(27)43/h5-10,12,14-18,22-23,30H,11,13,19-21H2,1-4H3,(H,38,40)(H,41,43). The Balaban J connectivity index is 1.38. The Kier molecular flexibility index (Phi) is 8.94. The van der Waals surface area contributed by atoms with E-state index in [9.17, 15) is 9.18 Å². The normalized spacial score (nSPS) is 19.6. The van der Waals surface area contributed by atoms with Crippen molar-refractivity contribution in [3.05, 3.63) is 90.0 Å². The van der Waals surface area contributed by atoms with Crippen molar-refractivity contribution in [3.8, 4) is 17.0 Å². The first-order valence-corrected chi connectivity index (χ1v) is 16.3. The van der Waals surface area contributed by atoms with E-state index in [-0.39, 0.29) is 17.5 Å². The SMILES string of the molecule is CC(C)COc1cc(F)cc(-c2ccc3c(n2)N2CC(CCC(c4ccccn4)Nc4cccc(n4)SNC3=O)CC2(C)C)c1. The van der Waals surface area contributed by atoms with Crippen molar-refractivity contribution in [1.82, 2.24) is 19.7 Å². The van der Waals surface area contributed by atoms with Crippen molar-refractivity contribution in [2.75, 3.05) is 23.4 Å². The number of carbonyl (C=O) groups excluding carboxylic acids is 1. The number of anilines is 2. The lowest BCUT2D eigenvalue weighted by Gasteiger charge is -2.34. The molecule has 8 nitrogen and oxygen atoms in total. The third-order valence-electron chi connectivity index (χ3n) is 8.29. The predicted octanol–water partition coefficient (Wildman–Crippen LogP) is 7.70. The van der Waals surface area contributed by atoms with Crippen LogP contribution >= 0.6 is 11.9 Å². The molecule has 10 heteroatoms. The zero-order valence-electron chi connectivity index (χ0n) is 26.1. The van der Waals surface area contributed by atoms with Crippen LogP contribution in [0.4, 0.5) is 16.0 Å². The van der Waals surface area contributed by atoms with Crippen LogP contribution in [-0.2, 0) is 0 Å². The van der Waals surface area contributed by atoms with Gasteiger partial charge in [-0.05, 0) is 93.5 Å². The van der Waals surface area contributed by atoms with E-state index in [1.807, 2.05) is 62.5 Å². The highest BCUT2D eigenvalue weighted by atomic mass is 32.2. The summed E-state index contributed by atoms with van der Waals surface area (Å²) in [5.74, 6) is 1.77. The summed E-state index contributed by atoms with van der Waals surface area (Å²) in [6, 6.07) is 19.9. The third kappa shape index (κ3) is 7.22. The van der Waals surface area contributed by atoms with Gasteiger partial charge in [-0.2, -0.15) is 0 Å². The molecule has 1 fully saturated rings. The number of halogens is 1. The van der Waals surface area contributed by atoms with E-state index in [0.29, 0.717) is 51.9 Å². The van der Waals surface area contributed by atoms with Crippen LogP contribution in [0.2, 0.25) is 0 Å². The van der Waals surface area contributed by atoms with Crippen molar-refractivity contribution >= 4 is 29.5 Å². The monoisotopic (exact) mass is 626 g/mol. The quantitative estimate of drug-likeness (QED) is 0.218. The minimum atomic E-state index is -0.397. The molecular formula is C35H39FN6O2S. The molecule has 2 unspecified atom stereocenters. The zero-order chi connectivity index (χ0) is 31.6. The van der Waals surface area contributed by atoms with Crippen molar-refractivity contribution in [2.45, 2.75) is 63.6 Å². The topological polar surface area (TPSA) is 92.3 Å². The maximum Gasteiger partial charge on any atom is 0.265 e. The number of nitrogens with zero attached hydrogens (tertiary/aromatic N) is 4. The molecule has 0 spiro atoms. The molecule has 0 aliphatic carbocycles. The number of hydrogen-bond donors (Lipinski definition) is 2. The van der Waals surface area contributed by atoms with Crippen molar-refractivity contribution in [2.24, 2.45) is 11.8 Å². The molecule has 234 valence electrons. The Labute approximate surface area is 268 Å². The van der Waals surface area contributed by atoms with Gasteiger partial charge in [0.1, 0.15) is 28.2 Å². The van der Waals surface area contributed by atoms with E-state index in [4.69, 9.17) is 14.7 Å². The van der Waals surface area contributed by atoms with Crippen molar-refractivity contribution in [1.29, 1.82) is 0 Å². The Bertz CT molecular complexity index is 1670. The van der Waals surface area contributed by atoms with Crippen LogP contribution in [0.5, 0.6) is 5.75 Å². The number of rotatable bonds is 5. The van der Waals surface area contributed by atoms with E-state index in [0.717, 1.165) is 49.3 Å². The second-order valence-electron chi connectivity index (χ2n) is 12.9. The lowest BCUT2D eigenvalue weighted by atomic mass is 9.91. The number of amides is 1. The van der Waals surface area contributed by atoms with Crippen LogP contribution in [0, 0.1) is 17.7 Å². The molecule has 0 saturated carbocycles. The summed E-state index contributed by atoms with van der Waals surface area (Å²) in [7, 11) is 0. The fourth-order valence-electron chi connectivity index (χ4n) is 6.16. The van der Waals surface area contributed by atoms with Gasteiger partial charge in [0.15, 0.2) is 0 Å². The maximum absolute atomic E-state index is 14.8. The summed E-state index contributed by atoms with van der Waals surface area (Å²) in [6.45, 7) is 9.72. The van der Waals surface area contributed by atoms with Crippen LogP contribution in [0.1, 0.15) is 69.1 Å². The summed E-state index contributed by atoms with van der Waals surface area (Å²) >= 11 is 1.16. The van der Waals surface area contributed by atoms with Crippen LogP contribution in [-0.4, -0.2) is 39.5 Å². The van der Waals surface area contributed by atoms with Crippen molar-refractivity contribution < 1.29 is 13.9 Å². The van der Waals surface area contributed by atoms with E-state index in [1.165, 1.54) is 12.1 Å². The first-order chi connectivity index (χ1) is 21.6. The minimum absolute atomic E-state index is 0.0204. The molecule has 2 aliphatic rings. The fraction of sp³-hybridized carbons (Fsp3) is 0.371. The Morgan fingerprint density at radius 1 is 1.07 bits per heavy atom. The van der Waals surface area contributed by atoms with E-state index >= 15 is 0 Å². The van der Waals surface area contributed by atoms with Gasteiger partial charge in [0.25, 0.3) is 5.91 Å². The Hall–Kier alpha value is -4.18. The lowest BCUT2D eigenvalue weighted by Crippen LogP contribution is -2.40. The Morgan fingerprint density at radius 3 is 2.73 bits per heavy atom. The van der Waals surface area contributed by atoms with Gasteiger partial charge >= 0.3 is 0 Å². The van der Waals surface area contributed by atoms with Crippen LogP contribution in [0.25, 0.3) is 11.3 Å². The van der Waals surface area contributed by atoms with Gasteiger partial charge in [0.05, 0.1) is 29.6 Å². The number of benzene rings is 1. The molecule has 4 bridgehead atoms.